The van der Waals surface area contributed by atoms with Gasteiger partial charge in [0.15, 0.2) is 0 Å². The molecule has 1 aromatic rings. The van der Waals surface area contributed by atoms with Gasteiger partial charge in [0.05, 0.1) is 12.9 Å². The van der Waals surface area contributed by atoms with Crippen molar-refractivity contribution in [2.24, 2.45) is 0 Å². The molecule has 90 valence electrons. The van der Waals surface area contributed by atoms with E-state index < -0.39 is 10.8 Å². The SMILES string of the molecule is CNC(C)c1ccc(OC)c(CS(C)=O)c1. The third-order valence-corrected chi connectivity index (χ3v) is 3.31. The third kappa shape index (κ3) is 3.32. The highest BCUT2D eigenvalue weighted by atomic mass is 32.2. The summed E-state index contributed by atoms with van der Waals surface area (Å²) >= 11 is 0. The topological polar surface area (TPSA) is 38.3 Å². The van der Waals surface area contributed by atoms with Gasteiger partial charge in [-0.05, 0) is 31.7 Å². The molecule has 0 aliphatic carbocycles. The van der Waals surface area contributed by atoms with Gasteiger partial charge in [-0.1, -0.05) is 6.07 Å². The van der Waals surface area contributed by atoms with Gasteiger partial charge in [-0.2, -0.15) is 0 Å². The molecule has 0 heterocycles. The van der Waals surface area contributed by atoms with Crippen LogP contribution in [0.1, 0.15) is 24.1 Å². The van der Waals surface area contributed by atoms with E-state index in [1.165, 1.54) is 5.56 Å². The van der Waals surface area contributed by atoms with Crippen LogP contribution in [0.15, 0.2) is 18.2 Å². The Bertz CT molecular complexity index is 379. The van der Waals surface area contributed by atoms with Gasteiger partial charge in [0.2, 0.25) is 0 Å². The zero-order valence-electron chi connectivity index (χ0n) is 10.2. The van der Waals surface area contributed by atoms with Gasteiger partial charge in [0.1, 0.15) is 5.75 Å². The molecule has 1 N–H and O–H groups in total. The van der Waals surface area contributed by atoms with E-state index in [0.717, 1.165) is 11.3 Å². The van der Waals surface area contributed by atoms with Gasteiger partial charge in [-0.25, -0.2) is 0 Å². The van der Waals surface area contributed by atoms with Crippen LogP contribution in [-0.2, 0) is 16.6 Å². The average molecular weight is 241 g/mol. The van der Waals surface area contributed by atoms with Gasteiger partial charge in [0, 0.05) is 28.7 Å². The second kappa shape index (κ2) is 6.01. The number of rotatable bonds is 5. The van der Waals surface area contributed by atoms with Gasteiger partial charge >= 0.3 is 0 Å². The highest BCUT2D eigenvalue weighted by molar-refractivity contribution is 7.83. The van der Waals surface area contributed by atoms with Crippen molar-refractivity contribution >= 4 is 10.8 Å². The van der Waals surface area contributed by atoms with Crippen molar-refractivity contribution in [3.63, 3.8) is 0 Å². The summed E-state index contributed by atoms with van der Waals surface area (Å²) in [7, 11) is 2.71. The predicted octanol–water partition coefficient (Wildman–Crippen LogP) is 1.85. The molecule has 0 aliphatic rings. The Hall–Kier alpha value is -0.870. The first-order valence-electron chi connectivity index (χ1n) is 5.22. The summed E-state index contributed by atoms with van der Waals surface area (Å²) in [5.74, 6) is 1.34. The molecule has 16 heavy (non-hydrogen) atoms. The molecule has 0 spiro atoms. The smallest absolute Gasteiger partial charge is 0.123 e. The molecule has 0 fully saturated rings. The zero-order valence-corrected chi connectivity index (χ0v) is 11.1. The molecule has 1 rings (SSSR count). The number of ether oxygens (including phenoxy) is 1. The predicted molar refractivity (Wildman–Crippen MR) is 68.2 cm³/mol. The summed E-state index contributed by atoms with van der Waals surface area (Å²) in [6.07, 6.45) is 1.70. The Labute approximate surface area is 99.7 Å². The fourth-order valence-electron chi connectivity index (χ4n) is 1.57. The molecule has 2 unspecified atom stereocenters. The Morgan fingerprint density at radius 1 is 1.50 bits per heavy atom. The molecule has 0 amide bonds. The van der Waals surface area contributed by atoms with Gasteiger partial charge in [0.25, 0.3) is 0 Å². The first-order valence-corrected chi connectivity index (χ1v) is 6.95. The Morgan fingerprint density at radius 2 is 2.19 bits per heavy atom. The minimum absolute atomic E-state index is 0.287. The lowest BCUT2D eigenvalue weighted by Gasteiger charge is -2.14. The van der Waals surface area contributed by atoms with E-state index in [4.69, 9.17) is 4.74 Å². The monoisotopic (exact) mass is 241 g/mol. The summed E-state index contributed by atoms with van der Waals surface area (Å²) in [5.41, 5.74) is 2.19. The quantitative estimate of drug-likeness (QED) is 0.855. The molecule has 3 nitrogen and oxygen atoms in total. The van der Waals surface area contributed by atoms with Crippen molar-refractivity contribution in [2.75, 3.05) is 20.4 Å². The molecule has 0 aromatic heterocycles. The fourth-order valence-corrected chi connectivity index (χ4v) is 2.23. The van der Waals surface area contributed by atoms with E-state index in [1.807, 2.05) is 19.2 Å². The van der Waals surface area contributed by atoms with Crippen LogP contribution in [0.4, 0.5) is 0 Å². The molecule has 0 radical (unpaired) electrons. The van der Waals surface area contributed by atoms with Gasteiger partial charge in [-0.3, -0.25) is 4.21 Å². The number of nitrogens with one attached hydrogen (secondary N) is 1. The standard InChI is InChI=1S/C12H19NO2S/c1-9(13-2)10-5-6-12(15-3)11(7-10)8-16(4)14/h5-7,9,13H,8H2,1-4H3. The van der Waals surface area contributed by atoms with Crippen LogP contribution in [0.2, 0.25) is 0 Å². The normalized spacial score (nSPS) is 14.5. The summed E-state index contributed by atoms with van der Waals surface area (Å²) in [6, 6.07) is 6.31. The lowest BCUT2D eigenvalue weighted by molar-refractivity contribution is 0.411. The number of benzene rings is 1. The maximum absolute atomic E-state index is 11.3. The lowest BCUT2D eigenvalue weighted by Crippen LogP contribution is -2.12. The molecule has 0 bridgehead atoms. The maximum Gasteiger partial charge on any atom is 0.123 e. The van der Waals surface area contributed by atoms with E-state index in [1.54, 1.807) is 13.4 Å². The molecule has 4 heteroatoms. The number of hydrogen-bond acceptors (Lipinski definition) is 3. The van der Waals surface area contributed by atoms with Crippen LogP contribution in [-0.4, -0.2) is 24.6 Å². The summed E-state index contributed by atoms with van der Waals surface area (Å²) < 4.78 is 16.5. The summed E-state index contributed by atoms with van der Waals surface area (Å²) in [4.78, 5) is 0. The molecule has 0 aliphatic heterocycles. The first-order chi connectivity index (χ1) is 7.58. The average Bonchev–Trinajstić information content (AvgIpc) is 2.27. The van der Waals surface area contributed by atoms with Crippen molar-refractivity contribution in [1.29, 1.82) is 0 Å². The van der Waals surface area contributed by atoms with Crippen molar-refractivity contribution in [3.8, 4) is 5.75 Å². The molecule has 0 saturated carbocycles. The number of methoxy groups -OCH3 is 1. The van der Waals surface area contributed by atoms with Crippen molar-refractivity contribution in [1.82, 2.24) is 5.32 Å². The van der Waals surface area contributed by atoms with E-state index in [0.29, 0.717) is 5.75 Å². The second-order valence-electron chi connectivity index (χ2n) is 3.80. The fraction of sp³-hybridized carbons (Fsp3) is 0.500. The minimum Gasteiger partial charge on any atom is -0.496 e. The Balaban J connectivity index is 3.05. The van der Waals surface area contributed by atoms with Crippen LogP contribution in [0.25, 0.3) is 0 Å². The highest BCUT2D eigenvalue weighted by Gasteiger charge is 2.09. The Morgan fingerprint density at radius 3 is 2.69 bits per heavy atom. The third-order valence-electron chi connectivity index (χ3n) is 2.60. The van der Waals surface area contributed by atoms with Crippen molar-refractivity contribution in [3.05, 3.63) is 29.3 Å². The first kappa shape index (κ1) is 13.2. The van der Waals surface area contributed by atoms with Crippen LogP contribution >= 0.6 is 0 Å². The van der Waals surface area contributed by atoms with Crippen LogP contribution in [0.3, 0.4) is 0 Å². The minimum atomic E-state index is -0.852. The van der Waals surface area contributed by atoms with Crippen molar-refractivity contribution in [2.45, 2.75) is 18.7 Å². The maximum atomic E-state index is 11.3. The highest BCUT2D eigenvalue weighted by Crippen LogP contribution is 2.24. The molecule has 0 saturated heterocycles. The van der Waals surface area contributed by atoms with Crippen LogP contribution in [0, 0.1) is 0 Å². The van der Waals surface area contributed by atoms with E-state index in [2.05, 4.69) is 18.3 Å². The zero-order chi connectivity index (χ0) is 12.1. The molecular weight excluding hydrogens is 222 g/mol. The summed E-state index contributed by atoms with van der Waals surface area (Å²) in [5, 5.41) is 3.18. The van der Waals surface area contributed by atoms with Gasteiger partial charge < -0.3 is 10.1 Å². The van der Waals surface area contributed by atoms with E-state index in [-0.39, 0.29) is 6.04 Å². The number of hydrogen-bond donors (Lipinski definition) is 1. The summed E-state index contributed by atoms with van der Waals surface area (Å²) in [6.45, 7) is 2.09. The van der Waals surface area contributed by atoms with Crippen molar-refractivity contribution < 1.29 is 8.95 Å². The van der Waals surface area contributed by atoms with Crippen LogP contribution < -0.4 is 10.1 Å². The largest absolute Gasteiger partial charge is 0.496 e. The Kier molecular flexibility index (Phi) is 4.96. The second-order valence-corrected chi connectivity index (χ2v) is 5.23. The molecule has 1 aromatic carbocycles. The van der Waals surface area contributed by atoms with E-state index in [9.17, 15) is 4.21 Å². The van der Waals surface area contributed by atoms with Crippen LogP contribution in [0.5, 0.6) is 5.75 Å². The molecule has 2 atom stereocenters. The molecular formula is C12H19NO2S. The van der Waals surface area contributed by atoms with Gasteiger partial charge in [-0.15, -0.1) is 0 Å². The lowest BCUT2D eigenvalue weighted by atomic mass is 10.1. The van der Waals surface area contributed by atoms with E-state index >= 15 is 0 Å².